The minimum absolute atomic E-state index is 0.0385. The summed E-state index contributed by atoms with van der Waals surface area (Å²) in [6.07, 6.45) is 2.91. The van der Waals surface area contributed by atoms with Gasteiger partial charge < -0.3 is 29.0 Å². The molecule has 2 aromatic carbocycles. The van der Waals surface area contributed by atoms with Crippen LogP contribution in [0.3, 0.4) is 0 Å². The normalized spacial score (nSPS) is 20.0. The number of aliphatic hydroxyl groups is 1. The maximum absolute atomic E-state index is 13.3. The van der Waals surface area contributed by atoms with E-state index in [2.05, 4.69) is 6.58 Å². The van der Waals surface area contributed by atoms with Gasteiger partial charge in [-0.05, 0) is 61.7 Å². The molecule has 0 spiro atoms. The highest BCUT2D eigenvalue weighted by Gasteiger charge is 2.46. The topological polar surface area (TPSA) is 94.5 Å². The van der Waals surface area contributed by atoms with Crippen molar-refractivity contribution in [2.45, 2.75) is 38.8 Å². The summed E-state index contributed by atoms with van der Waals surface area (Å²) in [7, 11) is 1.58. The third-order valence-corrected chi connectivity index (χ3v) is 6.40. The highest BCUT2D eigenvalue weighted by Crippen LogP contribution is 2.43. The van der Waals surface area contributed by atoms with Crippen LogP contribution < -0.4 is 14.2 Å². The molecular formula is C29H33NO7. The molecule has 2 aliphatic rings. The van der Waals surface area contributed by atoms with Crippen molar-refractivity contribution in [3.63, 3.8) is 0 Å². The lowest BCUT2D eigenvalue weighted by atomic mass is 9.94. The van der Waals surface area contributed by atoms with Crippen LogP contribution in [0.15, 0.2) is 54.6 Å². The van der Waals surface area contributed by atoms with Crippen LogP contribution in [-0.4, -0.2) is 61.3 Å². The third kappa shape index (κ3) is 5.34. The molecule has 2 heterocycles. The maximum atomic E-state index is 13.3. The molecule has 8 heteroatoms. The Morgan fingerprint density at radius 2 is 2.00 bits per heavy atom. The van der Waals surface area contributed by atoms with Gasteiger partial charge in [0.25, 0.3) is 11.7 Å². The number of methoxy groups -OCH3 is 1. The average Bonchev–Trinajstić information content (AvgIpc) is 3.38. The predicted molar refractivity (Wildman–Crippen MR) is 139 cm³/mol. The van der Waals surface area contributed by atoms with Crippen LogP contribution in [0.25, 0.3) is 5.76 Å². The largest absolute Gasteiger partial charge is 0.507 e. The van der Waals surface area contributed by atoms with Crippen LogP contribution in [0.4, 0.5) is 0 Å². The molecular weight excluding hydrogens is 474 g/mol. The first-order valence-electron chi connectivity index (χ1n) is 12.5. The van der Waals surface area contributed by atoms with Crippen molar-refractivity contribution in [1.29, 1.82) is 0 Å². The van der Waals surface area contributed by atoms with E-state index >= 15 is 0 Å². The predicted octanol–water partition coefficient (Wildman–Crippen LogP) is 4.43. The first kappa shape index (κ1) is 26.3. The number of benzene rings is 2. The smallest absolute Gasteiger partial charge is 0.295 e. The van der Waals surface area contributed by atoms with Gasteiger partial charge in [0.1, 0.15) is 24.2 Å². The first-order chi connectivity index (χ1) is 17.9. The molecule has 8 nitrogen and oxygen atoms in total. The Kier molecular flexibility index (Phi) is 8.18. The summed E-state index contributed by atoms with van der Waals surface area (Å²) in [6.45, 7) is 8.93. The molecule has 1 amide bonds. The van der Waals surface area contributed by atoms with Gasteiger partial charge in [0, 0.05) is 32.2 Å². The number of hydrogen-bond donors (Lipinski definition) is 1. The van der Waals surface area contributed by atoms with Gasteiger partial charge in [-0.15, -0.1) is 0 Å². The Morgan fingerprint density at radius 1 is 1.19 bits per heavy atom. The molecule has 0 unspecified atom stereocenters. The molecule has 1 fully saturated rings. The van der Waals surface area contributed by atoms with E-state index in [-0.39, 0.29) is 24.0 Å². The van der Waals surface area contributed by atoms with E-state index in [0.717, 1.165) is 11.3 Å². The number of nitrogens with zero attached hydrogens (tertiary/aromatic N) is 1. The monoisotopic (exact) mass is 507 g/mol. The third-order valence-electron chi connectivity index (χ3n) is 6.40. The van der Waals surface area contributed by atoms with Crippen molar-refractivity contribution < 1.29 is 33.6 Å². The molecule has 37 heavy (non-hydrogen) atoms. The second-order valence-corrected chi connectivity index (χ2v) is 9.03. The SMILES string of the molecule is C=CCOc1ccc([C@H]2/C(=C(\O)c3ccc4c(c3)C[C@@H](C)O4)C(=O)C(=O)N2CCCOC)cc1OCC. The lowest BCUT2D eigenvalue weighted by Gasteiger charge is -2.26. The Hall–Kier alpha value is -3.78. The molecule has 0 saturated carbocycles. The second kappa shape index (κ2) is 11.5. The maximum Gasteiger partial charge on any atom is 0.295 e. The Bertz CT molecular complexity index is 1220. The number of Topliss-reactive ketones (excluding diaryl/α,β-unsaturated/α-hetero) is 1. The minimum atomic E-state index is -0.798. The number of ketones is 1. The second-order valence-electron chi connectivity index (χ2n) is 9.03. The highest BCUT2D eigenvalue weighted by molar-refractivity contribution is 6.46. The van der Waals surface area contributed by atoms with Crippen LogP contribution in [0, 0.1) is 0 Å². The summed E-state index contributed by atoms with van der Waals surface area (Å²) in [5.74, 6) is 0.158. The van der Waals surface area contributed by atoms with Gasteiger partial charge in [0.2, 0.25) is 0 Å². The number of carbonyl (C=O) groups is 2. The van der Waals surface area contributed by atoms with Crippen molar-refractivity contribution in [3.05, 3.63) is 71.3 Å². The van der Waals surface area contributed by atoms with E-state index < -0.39 is 17.7 Å². The zero-order chi connectivity index (χ0) is 26.5. The summed E-state index contributed by atoms with van der Waals surface area (Å²) >= 11 is 0. The van der Waals surface area contributed by atoms with Gasteiger partial charge in [-0.25, -0.2) is 0 Å². The highest BCUT2D eigenvalue weighted by atomic mass is 16.5. The summed E-state index contributed by atoms with van der Waals surface area (Å²) < 4.78 is 22.5. The molecule has 4 rings (SSSR count). The van der Waals surface area contributed by atoms with Crippen molar-refractivity contribution in [3.8, 4) is 17.2 Å². The van der Waals surface area contributed by atoms with Crippen molar-refractivity contribution in [1.82, 2.24) is 4.90 Å². The van der Waals surface area contributed by atoms with E-state index in [9.17, 15) is 14.7 Å². The number of hydrogen-bond acceptors (Lipinski definition) is 7. The van der Waals surface area contributed by atoms with Gasteiger partial charge in [-0.2, -0.15) is 0 Å². The number of carbonyl (C=O) groups excluding carboxylic acids is 2. The van der Waals surface area contributed by atoms with E-state index in [1.54, 1.807) is 43.5 Å². The molecule has 196 valence electrons. The summed E-state index contributed by atoms with van der Waals surface area (Å²) in [5.41, 5.74) is 2.08. The summed E-state index contributed by atoms with van der Waals surface area (Å²) in [5, 5.41) is 11.4. The first-order valence-corrected chi connectivity index (χ1v) is 12.5. The molecule has 0 bridgehead atoms. The molecule has 0 radical (unpaired) electrons. The van der Waals surface area contributed by atoms with E-state index in [1.807, 2.05) is 19.9 Å². The van der Waals surface area contributed by atoms with Crippen molar-refractivity contribution in [2.75, 3.05) is 33.5 Å². The van der Waals surface area contributed by atoms with Crippen LogP contribution in [0.2, 0.25) is 0 Å². The lowest BCUT2D eigenvalue weighted by molar-refractivity contribution is -0.140. The van der Waals surface area contributed by atoms with Gasteiger partial charge in [-0.3, -0.25) is 9.59 Å². The van der Waals surface area contributed by atoms with Crippen LogP contribution >= 0.6 is 0 Å². The Labute approximate surface area is 217 Å². The van der Waals surface area contributed by atoms with Crippen molar-refractivity contribution >= 4 is 17.4 Å². The standard InChI is InChI=1S/C29H33NO7/c1-5-13-36-23-11-8-19(17-24(23)35-6-2)26-25(28(32)29(33)30(26)12-7-14-34-4)27(31)20-9-10-22-21(16-20)15-18(3)37-22/h5,8-11,16-18,26,31H,1,6-7,12-15H2,2-4H3/b27-25+/t18-,26+/m1/s1. The molecule has 0 aromatic heterocycles. The van der Waals surface area contributed by atoms with Gasteiger partial charge in [0.15, 0.2) is 11.5 Å². The Balaban J connectivity index is 1.81. The average molecular weight is 508 g/mol. The number of aliphatic hydroxyl groups excluding tert-OH is 1. The quantitative estimate of drug-likeness (QED) is 0.158. The molecule has 2 aromatic rings. The molecule has 2 aliphatic heterocycles. The zero-order valence-corrected chi connectivity index (χ0v) is 21.5. The van der Waals surface area contributed by atoms with Crippen molar-refractivity contribution in [2.24, 2.45) is 0 Å². The fourth-order valence-electron chi connectivity index (χ4n) is 4.79. The number of fused-ring (bicyclic) bond motifs is 1. The van der Waals surface area contributed by atoms with E-state index in [4.69, 9.17) is 18.9 Å². The van der Waals surface area contributed by atoms with E-state index in [1.165, 1.54) is 4.90 Å². The summed E-state index contributed by atoms with van der Waals surface area (Å²) in [6, 6.07) is 9.80. The fraction of sp³-hybridized carbons (Fsp3) is 0.379. The number of rotatable bonds is 11. The van der Waals surface area contributed by atoms with Gasteiger partial charge in [0.05, 0.1) is 18.2 Å². The number of likely N-dealkylation sites (tertiary alicyclic amines) is 1. The van der Waals surface area contributed by atoms with Crippen LogP contribution in [-0.2, 0) is 20.7 Å². The molecule has 1 saturated heterocycles. The fourth-order valence-corrected chi connectivity index (χ4v) is 4.79. The van der Waals surface area contributed by atoms with E-state index in [0.29, 0.717) is 55.3 Å². The van der Waals surface area contributed by atoms with Gasteiger partial charge >= 0.3 is 0 Å². The summed E-state index contributed by atoms with van der Waals surface area (Å²) in [4.78, 5) is 28.0. The number of ether oxygens (including phenoxy) is 4. The molecule has 2 atom stereocenters. The molecule has 1 N–H and O–H groups in total. The van der Waals surface area contributed by atoms with Gasteiger partial charge in [-0.1, -0.05) is 18.7 Å². The van der Waals surface area contributed by atoms with Crippen LogP contribution in [0.1, 0.15) is 43.0 Å². The zero-order valence-electron chi connectivity index (χ0n) is 21.5. The minimum Gasteiger partial charge on any atom is -0.507 e. The Morgan fingerprint density at radius 3 is 2.73 bits per heavy atom. The molecule has 0 aliphatic carbocycles. The van der Waals surface area contributed by atoms with Crippen LogP contribution in [0.5, 0.6) is 17.2 Å². The number of amides is 1. The lowest BCUT2D eigenvalue weighted by Crippen LogP contribution is -2.31.